The highest BCUT2D eigenvalue weighted by Crippen LogP contribution is 2.21. The fourth-order valence-corrected chi connectivity index (χ4v) is 2.43. The van der Waals surface area contributed by atoms with Crippen molar-refractivity contribution in [2.75, 3.05) is 11.9 Å². The number of carbonyl (C=O) groups excluding carboxylic acids is 1. The maximum absolute atomic E-state index is 12.1. The van der Waals surface area contributed by atoms with Crippen LogP contribution in [0.5, 0.6) is 5.75 Å². The number of benzene rings is 2. The molecular weight excluding hydrogens is 330 g/mol. The van der Waals surface area contributed by atoms with Crippen LogP contribution >= 0.6 is 0 Å². The Morgan fingerprint density at radius 2 is 1.92 bits per heavy atom. The molecule has 3 aromatic rings. The maximum Gasteiger partial charge on any atom is 0.262 e. The van der Waals surface area contributed by atoms with Crippen LogP contribution in [-0.4, -0.2) is 22.7 Å². The van der Waals surface area contributed by atoms with E-state index in [9.17, 15) is 4.79 Å². The van der Waals surface area contributed by atoms with Crippen molar-refractivity contribution in [1.29, 1.82) is 0 Å². The van der Waals surface area contributed by atoms with Crippen LogP contribution in [0.25, 0.3) is 11.5 Å². The lowest BCUT2D eigenvalue weighted by Gasteiger charge is -2.11. The molecule has 0 atom stereocenters. The summed E-state index contributed by atoms with van der Waals surface area (Å²) >= 11 is 0. The zero-order valence-corrected chi connectivity index (χ0v) is 15.1. The predicted octanol–water partition coefficient (Wildman–Crippen LogP) is 3.93. The van der Waals surface area contributed by atoms with Gasteiger partial charge in [-0.1, -0.05) is 24.2 Å². The zero-order chi connectivity index (χ0) is 18.5. The Balaban J connectivity index is 1.57. The number of aryl methyl sites for hydroxylation is 2. The van der Waals surface area contributed by atoms with Crippen molar-refractivity contribution in [1.82, 2.24) is 10.1 Å². The standard InChI is InChI=1S/C20H21N3O3/c1-4-18-22-20(26-23-18)15-8-10-16(11-9-15)25-12-19(24)21-17-7-5-6-13(2)14(17)3/h5-11H,4,12H2,1-3H3,(H,21,24). The topological polar surface area (TPSA) is 77.2 Å². The Morgan fingerprint density at radius 3 is 2.62 bits per heavy atom. The van der Waals surface area contributed by atoms with E-state index in [0.717, 1.165) is 28.8 Å². The predicted molar refractivity (Wildman–Crippen MR) is 99.2 cm³/mol. The Kier molecular flexibility index (Phi) is 5.31. The van der Waals surface area contributed by atoms with E-state index in [1.54, 1.807) is 12.1 Å². The molecule has 1 amide bonds. The molecule has 0 aliphatic carbocycles. The number of ether oxygens (including phenoxy) is 1. The van der Waals surface area contributed by atoms with Gasteiger partial charge in [-0.15, -0.1) is 0 Å². The van der Waals surface area contributed by atoms with Crippen LogP contribution in [-0.2, 0) is 11.2 Å². The molecule has 0 aliphatic rings. The first-order valence-electron chi connectivity index (χ1n) is 8.48. The summed E-state index contributed by atoms with van der Waals surface area (Å²) in [7, 11) is 0. The number of anilines is 1. The van der Waals surface area contributed by atoms with E-state index in [-0.39, 0.29) is 12.5 Å². The molecular formula is C20H21N3O3. The van der Waals surface area contributed by atoms with E-state index < -0.39 is 0 Å². The van der Waals surface area contributed by atoms with Gasteiger partial charge in [-0.05, 0) is 55.3 Å². The normalized spacial score (nSPS) is 10.6. The molecule has 0 fully saturated rings. The molecule has 0 spiro atoms. The van der Waals surface area contributed by atoms with Crippen LogP contribution in [0.15, 0.2) is 47.0 Å². The van der Waals surface area contributed by atoms with Crippen molar-refractivity contribution < 1.29 is 14.1 Å². The maximum atomic E-state index is 12.1. The lowest BCUT2D eigenvalue weighted by Crippen LogP contribution is -2.20. The van der Waals surface area contributed by atoms with Gasteiger partial charge < -0.3 is 14.6 Å². The second-order valence-electron chi connectivity index (χ2n) is 5.98. The largest absolute Gasteiger partial charge is 0.484 e. The molecule has 0 saturated heterocycles. The van der Waals surface area contributed by atoms with E-state index in [0.29, 0.717) is 17.5 Å². The number of hydrogen-bond acceptors (Lipinski definition) is 5. The first-order chi connectivity index (χ1) is 12.6. The van der Waals surface area contributed by atoms with Crippen LogP contribution in [0.4, 0.5) is 5.69 Å². The second-order valence-corrected chi connectivity index (χ2v) is 5.98. The lowest BCUT2D eigenvalue weighted by atomic mass is 10.1. The van der Waals surface area contributed by atoms with E-state index in [1.807, 2.05) is 51.1 Å². The van der Waals surface area contributed by atoms with Gasteiger partial charge in [-0.25, -0.2) is 0 Å². The molecule has 6 heteroatoms. The van der Waals surface area contributed by atoms with E-state index in [2.05, 4.69) is 15.5 Å². The summed E-state index contributed by atoms with van der Waals surface area (Å²) in [4.78, 5) is 16.4. The number of aromatic nitrogens is 2. The van der Waals surface area contributed by atoms with Crippen LogP contribution in [0.2, 0.25) is 0 Å². The van der Waals surface area contributed by atoms with E-state index >= 15 is 0 Å². The van der Waals surface area contributed by atoms with Gasteiger partial charge in [0.2, 0.25) is 0 Å². The number of rotatable bonds is 6. The Labute approximate surface area is 152 Å². The SMILES string of the molecule is CCc1noc(-c2ccc(OCC(=O)Nc3cccc(C)c3C)cc2)n1. The van der Waals surface area contributed by atoms with Crippen molar-refractivity contribution >= 4 is 11.6 Å². The average molecular weight is 351 g/mol. The van der Waals surface area contributed by atoms with Gasteiger partial charge in [0, 0.05) is 17.7 Å². The molecule has 1 heterocycles. The molecule has 2 aromatic carbocycles. The average Bonchev–Trinajstić information content (AvgIpc) is 3.13. The van der Waals surface area contributed by atoms with Crippen molar-refractivity contribution in [3.63, 3.8) is 0 Å². The molecule has 3 rings (SSSR count). The number of carbonyl (C=O) groups is 1. The van der Waals surface area contributed by atoms with Gasteiger partial charge >= 0.3 is 0 Å². The van der Waals surface area contributed by atoms with Gasteiger partial charge in [0.05, 0.1) is 0 Å². The molecule has 0 unspecified atom stereocenters. The third-order valence-corrected chi connectivity index (χ3v) is 4.13. The molecule has 0 aliphatic heterocycles. The van der Waals surface area contributed by atoms with Crippen molar-refractivity contribution in [3.05, 3.63) is 59.4 Å². The molecule has 1 N–H and O–H groups in total. The number of nitrogens with one attached hydrogen (secondary N) is 1. The van der Waals surface area contributed by atoms with Crippen LogP contribution in [0, 0.1) is 13.8 Å². The van der Waals surface area contributed by atoms with Crippen LogP contribution < -0.4 is 10.1 Å². The summed E-state index contributed by atoms with van der Waals surface area (Å²) in [6, 6.07) is 13.0. The Bertz CT molecular complexity index is 901. The third kappa shape index (κ3) is 4.08. The first-order valence-corrected chi connectivity index (χ1v) is 8.48. The molecule has 1 aromatic heterocycles. The fourth-order valence-electron chi connectivity index (χ4n) is 2.43. The minimum absolute atomic E-state index is 0.0622. The summed E-state index contributed by atoms with van der Waals surface area (Å²) in [5.74, 6) is 1.54. The summed E-state index contributed by atoms with van der Waals surface area (Å²) in [5, 5.41) is 6.75. The highest BCUT2D eigenvalue weighted by molar-refractivity contribution is 5.92. The minimum Gasteiger partial charge on any atom is -0.484 e. The Hall–Kier alpha value is -3.15. The summed E-state index contributed by atoms with van der Waals surface area (Å²) in [5.41, 5.74) is 3.80. The smallest absolute Gasteiger partial charge is 0.262 e. The quantitative estimate of drug-likeness (QED) is 0.728. The van der Waals surface area contributed by atoms with Crippen LogP contribution in [0.3, 0.4) is 0 Å². The third-order valence-electron chi connectivity index (χ3n) is 4.13. The fraction of sp³-hybridized carbons (Fsp3) is 0.250. The molecule has 134 valence electrons. The van der Waals surface area contributed by atoms with Crippen molar-refractivity contribution in [3.8, 4) is 17.2 Å². The number of nitrogens with zero attached hydrogens (tertiary/aromatic N) is 2. The van der Waals surface area contributed by atoms with Gasteiger partial charge in [0.15, 0.2) is 12.4 Å². The number of hydrogen-bond donors (Lipinski definition) is 1. The summed E-state index contributed by atoms with van der Waals surface area (Å²) in [6.07, 6.45) is 0.722. The molecule has 0 radical (unpaired) electrons. The highest BCUT2D eigenvalue weighted by Gasteiger charge is 2.09. The van der Waals surface area contributed by atoms with E-state index in [4.69, 9.17) is 9.26 Å². The first kappa shape index (κ1) is 17.7. The van der Waals surface area contributed by atoms with Gasteiger partial charge in [0.1, 0.15) is 5.75 Å². The van der Waals surface area contributed by atoms with Gasteiger partial charge in [0.25, 0.3) is 11.8 Å². The monoisotopic (exact) mass is 351 g/mol. The summed E-state index contributed by atoms with van der Waals surface area (Å²) in [6.45, 7) is 5.89. The number of amides is 1. The molecule has 26 heavy (non-hydrogen) atoms. The molecule has 0 bridgehead atoms. The van der Waals surface area contributed by atoms with Crippen molar-refractivity contribution in [2.24, 2.45) is 0 Å². The van der Waals surface area contributed by atoms with E-state index in [1.165, 1.54) is 0 Å². The zero-order valence-electron chi connectivity index (χ0n) is 15.1. The highest BCUT2D eigenvalue weighted by atomic mass is 16.5. The lowest BCUT2D eigenvalue weighted by molar-refractivity contribution is -0.118. The van der Waals surface area contributed by atoms with Gasteiger partial charge in [-0.3, -0.25) is 4.79 Å². The second kappa shape index (κ2) is 7.82. The molecule has 6 nitrogen and oxygen atoms in total. The summed E-state index contributed by atoms with van der Waals surface area (Å²) < 4.78 is 10.7. The minimum atomic E-state index is -0.202. The molecule has 0 saturated carbocycles. The van der Waals surface area contributed by atoms with Gasteiger partial charge in [-0.2, -0.15) is 4.98 Å². The van der Waals surface area contributed by atoms with Crippen LogP contribution in [0.1, 0.15) is 23.9 Å². The Morgan fingerprint density at radius 1 is 1.15 bits per heavy atom. The van der Waals surface area contributed by atoms with Crippen molar-refractivity contribution in [2.45, 2.75) is 27.2 Å².